The number of anilines is 2. The van der Waals surface area contributed by atoms with E-state index in [2.05, 4.69) is 22.0 Å². The molecule has 0 spiro atoms. The Morgan fingerprint density at radius 2 is 1.78 bits per heavy atom. The minimum atomic E-state index is 0.781. The fourth-order valence-electron chi connectivity index (χ4n) is 2.74. The van der Waals surface area contributed by atoms with Gasteiger partial charge in [0.2, 0.25) is 0 Å². The van der Waals surface area contributed by atoms with E-state index in [1.54, 1.807) is 0 Å². The Kier molecular flexibility index (Phi) is 3.05. The molecule has 1 fully saturated rings. The number of nitrogens with zero attached hydrogens (tertiary/aromatic N) is 2. The third kappa shape index (κ3) is 2.13. The minimum Gasteiger partial charge on any atom is -0.399 e. The van der Waals surface area contributed by atoms with E-state index < -0.39 is 0 Å². The average Bonchev–Trinajstić information content (AvgIpc) is 2.66. The SMILES string of the molecule is Nc1ccc2c(N3CCCCCC3)ccnc2c1. The second-order valence-electron chi connectivity index (χ2n) is 5.01. The van der Waals surface area contributed by atoms with Crippen LogP contribution in [0.3, 0.4) is 0 Å². The molecule has 94 valence electrons. The van der Waals surface area contributed by atoms with Crippen LogP contribution in [-0.4, -0.2) is 18.1 Å². The molecular formula is C15H19N3. The van der Waals surface area contributed by atoms with Crippen molar-refractivity contribution in [1.82, 2.24) is 4.98 Å². The second kappa shape index (κ2) is 4.84. The number of hydrogen-bond donors (Lipinski definition) is 1. The van der Waals surface area contributed by atoms with E-state index in [0.29, 0.717) is 0 Å². The normalized spacial score (nSPS) is 16.8. The maximum absolute atomic E-state index is 5.82. The van der Waals surface area contributed by atoms with Crippen LogP contribution >= 0.6 is 0 Å². The van der Waals surface area contributed by atoms with Gasteiger partial charge in [0.15, 0.2) is 0 Å². The molecule has 0 aliphatic carbocycles. The van der Waals surface area contributed by atoms with Crippen molar-refractivity contribution >= 4 is 22.3 Å². The number of aromatic nitrogens is 1. The van der Waals surface area contributed by atoms with Crippen molar-refractivity contribution in [2.24, 2.45) is 0 Å². The monoisotopic (exact) mass is 241 g/mol. The summed E-state index contributed by atoms with van der Waals surface area (Å²) in [5.74, 6) is 0. The zero-order valence-corrected chi connectivity index (χ0v) is 10.6. The number of nitrogen functional groups attached to an aromatic ring is 1. The highest BCUT2D eigenvalue weighted by molar-refractivity contribution is 5.93. The average molecular weight is 241 g/mol. The number of rotatable bonds is 1. The van der Waals surface area contributed by atoms with Crippen molar-refractivity contribution in [1.29, 1.82) is 0 Å². The third-order valence-electron chi connectivity index (χ3n) is 3.69. The molecule has 0 saturated carbocycles. The van der Waals surface area contributed by atoms with Crippen LogP contribution in [0.5, 0.6) is 0 Å². The Balaban J connectivity index is 2.04. The van der Waals surface area contributed by atoms with Gasteiger partial charge >= 0.3 is 0 Å². The fraction of sp³-hybridized carbons (Fsp3) is 0.400. The lowest BCUT2D eigenvalue weighted by molar-refractivity contribution is 0.726. The van der Waals surface area contributed by atoms with E-state index in [0.717, 1.165) is 24.3 Å². The van der Waals surface area contributed by atoms with Crippen molar-refractivity contribution in [3.05, 3.63) is 30.5 Å². The van der Waals surface area contributed by atoms with Crippen molar-refractivity contribution in [2.75, 3.05) is 23.7 Å². The van der Waals surface area contributed by atoms with Gasteiger partial charge in [-0.15, -0.1) is 0 Å². The summed E-state index contributed by atoms with van der Waals surface area (Å²) >= 11 is 0. The van der Waals surface area contributed by atoms with Gasteiger partial charge in [-0.05, 0) is 37.1 Å². The Morgan fingerprint density at radius 1 is 1.00 bits per heavy atom. The first kappa shape index (κ1) is 11.3. The lowest BCUT2D eigenvalue weighted by atomic mass is 10.1. The molecule has 0 atom stereocenters. The first-order valence-electron chi connectivity index (χ1n) is 6.74. The summed E-state index contributed by atoms with van der Waals surface area (Å²) in [6.07, 6.45) is 7.18. The molecule has 1 aromatic heterocycles. The Bertz CT molecular complexity index is 542. The molecule has 3 rings (SSSR count). The largest absolute Gasteiger partial charge is 0.399 e. The van der Waals surface area contributed by atoms with Crippen LogP contribution in [0.25, 0.3) is 10.9 Å². The molecule has 2 aromatic rings. The molecule has 1 aromatic carbocycles. The highest BCUT2D eigenvalue weighted by Crippen LogP contribution is 2.28. The lowest BCUT2D eigenvalue weighted by Crippen LogP contribution is -2.24. The molecule has 1 aliphatic rings. The smallest absolute Gasteiger partial charge is 0.0743 e. The van der Waals surface area contributed by atoms with Gasteiger partial charge in [-0.3, -0.25) is 4.98 Å². The summed E-state index contributed by atoms with van der Waals surface area (Å²) < 4.78 is 0. The highest BCUT2D eigenvalue weighted by atomic mass is 15.1. The molecule has 3 heteroatoms. The van der Waals surface area contributed by atoms with E-state index in [-0.39, 0.29) is 0 Å². The maximum atomic E-state index is 5.82. The van der Waals surface area contributed by atoms with Crippen LogP contribution in [0.1, 0.15) is 25.7 Å². The second-order valence-corrected chi connectivity index (χ2v) is 5.01. The van der Waals surface area contributed by atoms with Gasteiger partial charge in [0.05, 0.1) is 5.52 Å². The topological polar surface area (TPSA) is 42.1 Å². The molecule has 18 heavy (non-hydrogen) atoms. The molecule has 2 N–H and O–H groups in total. The molecule has 0 radical (unpaired) electrons. The van der Waals surface area contributed by atoms with Crippen molar-refractivity contribution in [2.45, 2.75) is 25.7 Å². The Labute approximate surface area is 108 Å². The quantitative estimate of drug-likeness (QED) is 0.780. The molecule has 1 aliphatic heterocycles. The van der Waals surface area contributed by atoms with Crippen LogP contribution in [-0.2, 0) is 0 Å². The summed E-state index contributed by atoms with van der Waals surface area (Å²) in [6, 6.07) is 8.14. The highest BCUT2D eigenvalue weighted by Gasteiger charge is 2.12. The van der Waals surface area contributed by atoms with Crippen LogP contribution in [0.4, 0.5) is 11.4 Å². The summed E-state index contributed by atoms with van der Waals surface area (Å²) in [4.78, 5) is 6.91. The number of pyridine rings is 1. The van der Waals surface area contributed by atoms with Crippen LogP contribution in [0.2, 0.25) is 0 Å². The Hall–Kier alpha value is -1.77. The molecule has 0 unspecified atom stereocenters. The molecule has 0 amide bonds. The summed E-state index contributed by atoms with van der Waals surface area (Å²) in [6.45, 7) is 2.31. The van der Waals surface area contributed by atoms with Crippen molar-refractivity contribution in [3.63, 3.8) is 0 Å². The van der Waals surface area contributed by atoms with Gasteiger partial charge in [-0.1, -0.05) is 12.8 Å². The van der Waals surface area contributed by atoms with Gasteiger partial charge < -0.3 is 10.6 Å². The summed E-state index contributed by atoms with van der Waals surface area (Å²) in [7, 11) is 0. The third-order valence-corrected chi connectivity index (χ3v) is 3.69. The zero-order valence-electron chi connectivity index (χ0n) is 10.6. The number of fused-ring (bicyclic) bond motifs is 1. The van der Waals surface area contributed by atoms with Gasteiger partial charge in [-0.2, -0.15) is 0 Å². The predicted molar refractivity (Wildman–Crippen MR) is 76.8 cm³/mol. The summed E-state index contributed by atoms with van der Waals surface area (Å²) in [5, 5.41) is 1.22. The van der Waals surface area contributed by atoms with Gasteiger partial charge in [-0.25, -0.2) is 0 Å². The van der Waals surface area contributed by atoms with Crippen LogP contribution in [0, 0.1) is 0 Å². The molecule has 1 saturated heterocycles. The van der Waals surface area contributed by atoms with E-state index in [1.807, 2.05) is 18.3 Å². The summed E-state index contributed by atoms with van der Waals surface area (Å²) in [5.41, 5.74) is 8.91. The standard InChI is InChI=1S/C15H19N3/c16-12-5-6-13-14(11-12)17-8-7-15(13)18-9-3-1-2-4-10-18/h5-8,11H,1-4,9-10,16H2. The van der Waals surface area contributed by atoms with Crippen molar-refractivity contribution in [3.8, 4) is 0 Å². The minimum absolute atomic E-state index is 0.781. The van der Waals surface area contributed by atoms with Gasteiger partial charge in [0.1, 0.15) is 0 Å². The Morgan fingerprint density at radius 3 is 2.56 bits per heavy atom. The molecular weight excluding hydrogens is 222 g/mol. The van der Waals surface area contributed by atoms with Gasteiger partial charge in [0.25, 0.3) is 0 Å². The van der Waals surface area contributed by atoms with E-state index in [4.69, 9.17) is 5.73 Å². The van der Waals surface area contributed by atoms with Crippen LogP contribution in [0.15, 0.2) is 30.5 Å². The van der Waals surface area contributed by atoms with Crippen molar-refractivity contribution < 1.29 is 0 Å². The number of nitrogens with two attached hydrogens (primary N) is 1. The number of benzene rings is 1. The molecule has 2 heterocycles. The predicted octanol–water partition coefficient (Wildman–Crippen LogP) is 3.20. The van der Waals surface area contributed by atoms with E-state index in [1.165, 1.54) is 36.8 Å². The maximum Gasteiger partial charge on any atom is 0.0743 e. The molecule has 3 nitrogen and oxygen atoms in total. The fourth-order valence-corrected chi connectivity index (χ4v) is 2.74. The molecule has 0 bridgehead atoms. The zero-order chi connectivity index (χ0) is 12.4. The first-order chi connectivity index (χ1) is 8.84. The number of hydrogen-bond acceptors (Lipinski definition) is 3. The van der Waals surface area contributed by atoms with Gasteiger partial charge in [0, 0.05) is 36.0 Å². The first-order valence-corrected chi connectivity index (χ1v) is 6.74. The van der Waals surface area contributed by atoms with Crippen LogP contribution < -0.4 is 10.6 Å². The van der Waals surface area contributed by atoms with E-state index in [9.17, 15) is 0 Å². The van der Waals surface area contributed by atoms with E-state index >= 15 is 0 Å². The lowest BCUT2D eigenvalue weighted by Gasteiger charge is -2.24.